The number of hydrogen-bond donors (Lipinski definition) is 2. The Kier molecular flexibility index (Phi) is 8.23. The fourth-order valence-electron chi connectivity index (χ4n) is 4.88. The molecule has 7 nitrogen and oxygen atoms in total. The van der Waals surface area contributed by atoms with Gasteiger partial charge >= 0.3 is 11.9 Å². The molecule has 1 aliphatic carbocycles. The maximum atomic E-state index is 12.3. The van der Waals surface area contributed by atoms with Crippen molar-refractivity contribution in [1.82, 2.24) is 4.98 Å². The number of esters is 1. The Labute approximate surface area is 200 Å². The van der Waals surface area contributed by atoms with Crippen LogP contribution in [0.25, 0.3) is 6.08 Å². The second kappa shape index (κ2) is 10.9. The lowest BCUT2D eigenvalue weighted by atomic mass is 9.66. The van der Waals surface area contributed by atoms with Crippen LogP contribution in [-0.2, 0) is 19.1 Å². The van der Waals surface area contributed by atoms with Gasteiger partial charge in [0.05, 0.1) is 24.5 Å². The quantitative estimate of drug-likeness (QED) is 0.389. The Morgan fingerprint density at radius 2 is 2.09 bits per heavy atom. The normalized spacial score (nSPS) is 31.4. The largest absolute Gasteiger partial charge is 0.478 e. The molecule has 0 saturated carbocycles. The lowest BCUT2D eigenvalue weighted by Gasteiger charge is -2.41. The fourth-order valence-corrected chi connectivity index (χ4v) is 4.88. The number of carbonyl (C=O) groups is 2. The van der Waals surface area contributed by atoms with Crippen molar-refractivity contribution in [2.45, 2.75) is 45.5 Å². The second-order valence-electron chi connectivity index (χ2n) is 9.22. The molecular formula is C27H33NO6. The van der Waals surface area contributed by atoms with Gasteiger partial charge in [0, 0.05) is 12.3 Å². The number of allylic oxidation sites excluding steroid dienone is 3. The smallest absolute Gasteiger partial charge is 0.339 e. The fraction of sp³-hybridized carbons (Fsp3) is 0.444. The number of pyridine rings is 1. The van der Waals surface area contributed by atoms with E-state index in [0.717, 1.165) is 18.9 Å². The van der Waals surface area contributed by atoms with Crippen molar-refractivity contribution in [3.8, 4) is 0 Å². The Morgan fingerprint density at radius 3 is 2.71 bits per heavy atom. The molecule has 2 bridgehead atoms. The molecule has 0 saturated heterocycles. The van der Waals surface area contributed by atoms with Gasteiger partial charge in [-0.05, 0) is 67.7 Å². The molecule has 3 heterocycles. The Balaban J connectivity index is 0.000000248. The predicted octanol–water partition coefficient (Wildman–Crippen LogP) is 4.17. The highest BCUT2D eigenvalue weighted by Gasteiger charge is 2.47. The molecule has 5 atom stereocenters. The highest BCUT2D eigenvalue weighted by Crippen LogP contribution is 2.47. The average Bonchev–Trinajstić information content (AvgIpc) is 3.20. The van der Waals surface area contributed by atoms with Crippen molar-refractivity contribution in [1.29, 1.82) is 0 Å². The summed E-state index contributed by atoms with van der Waals surface area (Å²) in [5.41, 5.74) is 2.21. The van der Waals surface area contributed by atoms with E-state index in [0.29, 0.717) is 23.4 Å². The van der Waals surface area contributed by atoms with Gasteiger partial charge in [0.1, 0.15) is 0 Å². The molecule has 182 valence electrons. The van der Waals surface area contributed by atoms with E-state index >= 15 is 0 Å². The molecule has 0 amide bonds. The third-order valence-electron chi connectivity index (χ3n) is 6.70. The van der Waals surface area contributed by atoms with Crippen LogP contribution in [0.5, 0.6) is 0 Å². The van der Waals surface area contributed by atoms with Gasteiger partial charge in [-0.15, -0.1) is 0 Å². The number of rotatable bonds is 4. The van der Waals surface area contributed by atoms with Crippen molar-refractivity contribution < 1.29 is 29.3 Å². The molecule has 0 fully saturated rings. The molecule has 1 aromatic heterocycles. The van der Waals surface area contributed by atoms with Crippen molar-refractivity contribution in [3.63, 3.8) is 0 Å². The van der Waals surface area contributed by atoms with Gasteiger partial charge in [0.15, 0.2) is 0 Å². The number of carbonyl (C=O) groups excluding carboxylic acids is 1. The molecule has 7 heteroatoms. The van der Waals surface area contributed by atoms with Crippen molar-refractivity contribution in [3.05, 3.63) is 71.6 Å². The third kappa shape index (κ3) is 5.90. The number of methoxy groups -OCH3 is 1. The molecule has 0 spiro atoms. The zero-order valence-electron chi connectivity index (χ0n) is 20.0. The molecule has 34 heavy (non-hydrogen) atoms. The molecule has 0 radical (unpaired) electrons. The third-order valence-corrected chi connectivity index (χ3v) is 6.70. The van der Waals surface area contributed by atoms with Crippen LogP contribution in [0.15, 0.2) is 65.9 Å². The van der Waals surface area contributed by atoms with E-state index in [9.17, 15) is 14.7 Å². The maximum Gasteiger partial charge on any atom is 0.339 e. The molecule has 2 N–H and O–H groups in total. The van der Waals surface area contributed by atoms with Gasteiger partial charge in [0.2, 0.25) is 5.79 Å². The first-order valence-corrected chi connectivity index (χ1v) is 11.5. The van der Waals surface area contributed by atoms with Gasteiger partial charge in [0.25, 0.3) is 0 Å². The first-order valence-electron chi connectivity index (χ1n) is 11.5. The van der Waals surface area contributed by atoms with E-state index in [1.165, 1.54) is 18.8 Å². The molecule has 1 aromatic rings. The minimum absolute atomic E-state index is 0.171. The highest BCUT2D eigenvalue weighted by atomic mass is 16.6. The number of nitrogens with zero attached hydrogens (tertiary/aromatic N) is 1. The monoisotopic (exact) mass is 467 g/mol. The van der Waals surface area contributed by atoms with Gasteiger partial charge in [-0.2, -0.15) is 0 Å². The standard InChI is InChI=1S/C19H26O4.C8H7NO2/c1-11(2)14-6-5-12(3)15-9-13-7-8-19(21,23-13)17(10-16(14)15)18(20)22-4;10-8(11)5-4-7-3-1-2-6-9-7/h5,7-8,10-11,13-16,21H,6,9H2,1-4H3;1-6H,(H,10,11)/b17-10-;5-4+/t13?,14?,15-,16+,19+;/m0./s1. The van der Waals surface area contributed by atoms with Gasteiger partial charge in [-0.3, -0.25) is 4.98 Å². The zero-order valence-corrected chi connectivity index (χ0v) is 20.0. The summed E-state index contributed by atoms with van der Waals surface area (Å²) in [6.45, 7) is 6.60. The van der Waals surface area contributed by atoms with E-state index in [2.05, 4.69) is 31.8 Å². The summed E-state index contributed by atoms with van der Waals surface area (Å²) < 4.78 is 10.7. The first-order chi connectivity index (χ1) is 16.1. The van der Waals surface area contributed by atoms with Crippen LogP contribution in [-0.4, -0.2) is 46.1 Å². The molecule has 2 aliphatic heterocycles. The van der Waals surface area contributed by atoms with Crippen LogP contribution in [0.4, 0.5) is 0 Å². The van der Waals surface area contributed by atoms with Gasteiger partial charge in [-0.1, -0.05) is 43.7 Å². The number of aliphatic carboxylic acids is 1. The van der Waals surface area contributed by atoms with E-state index in [4.69, 9.17) is 14.6 Å². The molecule has 3 aliphatic rings. The summed E-state index contributed by atoms with van der Waals surface area (Å²) in [4.78, 5) is 26.2. The summed E-state index contributed by atoms with van der Waals surface area (Å²) in [6.07, 6.45) is 13.5. The number of fused-ring (bicyclic) bond motifs is 3. The van der Waals surface area contributed by atoms with Crippen LogP contribution in [0.3, 0.4) is 0 Å². The number of ether oxygens (including phenoxy) is 2. The van der Waals surface area contributed by atoms with Crippen molar-refractivity contribution in [2.75, 3.05) is 7.11 Å². The van der Waals surface area contributed by atoms with Crippen LogP contribution >= 0.6 is 0 Å². The highest BCUT2D eigenvalue weighted by molar-refractivity contribution is 5.91. The van der Waals surface area contributed by atoms with Crippen molar-refractivity contribution >= 4 is 18.0 Å². The summed E-state index contributed by atoms with van der Waals surface area (Å²) in [6, 6.07) is 5.31. The number of aliphatic hydroxyl groups is 1. The molecule has 4 rings (SSSR count). The minimum atomic E-state index is -1.65. The number of carboxylic acid groups (broad SMARTS) is 1. The van der Waals surface area contributed by atoms with Gasteiger partial charge < -0.3 is 19.7 Å². The second-order valence-corrected chi connectivity index (χ2v) is 9.22. The molecular weight excluding hydrogens is 434 g/mol. The maximum absolute atomic E-state index is 12.3. The molecule has 2 unspecified atom stereocenters. The lowest BCUT2D eigenvalue weighted by Crippen LogP contribution is -2.41. The van der Waals surface area contributed by atoms with Gasteiger partial charge in [-0.25, -0.2) is 9.59 Å². The van der Waals surface area contributed by atoms with E-state index in [-0.39, 0.29) is 17.6 Å². The number of carboxylic acids is 1. The summed E-state index contributed by atoms with van der Waals surface area (Å²) in [7, 11) is 1.34. The van der Waals surface area contributed by atoms with Crippen LogP contribution in [0, 0.1) is 23.7 Å². The Hall–Kier alpha value is -3.03. The summed E-state index contributed by atoms with van der Waals surface area (Å²) in [5.74, 6) is -1.64. The van der Waals surface area contributed by atoms with E-state index in [1.54, 1.807) is 30.5 Å². The number of hydrogen-bond acceptors (Lipinski definition) is 6. The Morgan fingerprint density at radius 1 is 1.32 bits per heavy atom. The Bertz CT molecular complexity index is 1010. The van der Waals surface area contributed by atoms with Crippen LogP contribution in [0.2, 0.25) is 0 Å². The lowest BCUT2D eigenvalue weighted by molar-refractivity contribution is -0.167. The first kappa shape index (κ1) is 25.6. The van der Waals surface area contributed by atoms with Crippen molar-refractivity contribution in [2.24, 2.45) is 23.7 Å². The summed E-state index contributed by atoms with van der Waals surface area (Å²) in [5, 5.41) is 19.0. The SMILES string of the molecule is COC(=O)/C1=C/[C@@H]2C(C(C)C)CC=C(C)[C@@H]2CC2C=C[C@@]1(O)O2.O=C(O)/C=C/c1ccccn1. The van der Waals surface area contributed by atoms with E-state index in [1.807, 2.05) is 12.2 Å². The van der Waals surface area contributed by atoms with E-state index < -0.39 is 17.7 Å². The average molecular weight is 468 g/mol. The molecule has 0 aromatic carbocycles. The topological polar surface area (TPSA) is 106 Å². The van der Waals surface area contributed by atoms with Crippen LogP contribution in [0.1, 0.15) is 39.3 Å². The minimum Gasteiger partial charge on any atom is -0.478 e. The van der Waals surface area contributed by atoms with Crippen LogP contribution < -0.4 is 0 Å². The zero-order chi connectivity index (χ0) is 24.9. The summed E-state index contributed by atoms with van der Waals surface area (Å²) >= 11 is 0. The number of aromatic nitrogens is 1. The predicted molar refractivity (Wildman–Crippen MR) is 128 cm³/mol.